The molecule has 8 heteroatoms. The molecule has 192 valence electrons. The Hall–Kier alpha value is -3.21. The summed E-state index contributed by atoms with van der Waals surface area (Å²) in [6.45, 7) is 12.1. The van der Waals surface area contributed by atoms with Gasteiger partial charge in [0.1, 0.15) is 11.9 Å². The minimum Gasteiger partial charge on any atom is -0.369 e. The van der Waals surface area contributed by atoms with Gasteiger partial charge in [0.05, 0.1) is 16.3 Å². The molecule has 36 heavy (non-hydrogen) atoms. The molecule has 1 aromatic rings. The van der Waals surface area contributed by atoms with Crippen molar-refractivity contribution >= 4 is 29.2 Å². The van der Waals surface area contributed by atoms with E-state index in [0.29, 0.717) is 35.5 Å². The summed E-state index contributed by atoms with van der Waals surface area (Å²) >= 11 is 6.07. The number of nitriles is 1. The number of hydrogen-bond donors (Lipinski definition) is 1. The summed E-state index contributed by atoms with van der Waals surface area (Å²) < 4.78 is 0. The molecule has 1 unspecified atom stereocenters. The van der Waals surface area contributed by atoms with Crippen molar-refractivity contribution in [2.45, 2.75) is 53.2 Å². The third-order valence-electron chi connectivity index (χ3n) is 6.42. The maximum absolute atomic E-state index is 12.8. The predicted molar refractivity (Wildman–Crippen MR) is 140 cm³/mol. The van der Waals surface area contributed by atoms with E-state index < -0.39 is 6.23 Å². The van der Waals surface area contributed by atoms with Crippen molar-refractivity contribution in [3.8, 4) is 6.07 Å². The Bertz CT molecular complexity index is 1120. The van der Waals surface area contributed by atoms with Crippen LogP contribution in [0.3, 0.4) is 0 Å². The molecule has 0 aliphatic carbocycles. The van der Waals surface area contributed by atoms with E-state index in [4.69, 9.17) is 16.9 Å². The Morgan fingerprint density at radius 3 is 2.47 bits per heavy atom. The number of aliphatic hydroxyl groups excluding tert-OH is 1. The summed E-state index contributed by atoms with van der Waals surface area (Å²) in [5.74, 6) is -0.205. The van der Waals surface area contributed by atoms with Gasteiger partial charge in [0.15, 0.2) is 12.0 Å². The van der Waals surface area contributed by atoms with Crippen molar-refractivity contribution in [2.75, 3.05) is 13.1 Å². The van der Waals surface area contributed by atoms with Gasteiger partial charge in [-0.3, -0.25) is 19.4 Å². The average Bonchev–Trinajstić information content (AvgIpc) is 2.84. The number of carbonyl (C=O) groups is 3. The van der Waals surface area contributed by atoms with Crippen molar-refractivity contribution in [3.05, 3.63) is 70.4 Å². The van der Waals surface area contributed by atoms with Crippen molar-refractivity contribution < 1.29 is 19.5 Å². The Labute approximate surface area is 218 Å². The summed E-state index contributed by atoms with van der Waals surface area (Å²) in [4.78, 5) is 41.1. The van der Waals surface area contributed by atoms with E-state index in [-0.39, 0.29) is 53.7 Å². The lowest BCUT2D eigenvalue weighted by molar-refractivity contribution is -0.119. The molecule has 1 aliphatic heterocycles. The lowest BCUT2D eigenvalue weighted by Gasteiger charge is -2.39. The highest BCUT2D eigenvalue weighted by Gasteiger charge is 2.35. The van der Waals surface area contributed by atoms with E-state index in [9.17, 15) is 19.5 Å². The normalized spacial score (nSPS) is 17.1. The quantitative estimate of drug-likeness (QED) is 0.373. The Balaban J connectivity index is 2.11. The van der Waals surface area contributed by atoms with Gasteiger partial charge < -0.3 is 5.11 Å². The second-order valence-electron chi connectivity index (χ2n) is 9.02. The molecule has 1 aliphatic rings. The molecule has 1 heterocycles. The summed E-state index contributed by atoms with van der Waals surface area (Å²) in [5.41, 5.74) is 1.76. The second-order valence-corrected chi connectivity index (χ2v) is 9.43. The van der Waals surface area contributed by atoms with Crippen molar-refractivity contribution in [2.24, 2.45) is 11.8 Å². The fraction of sp³-hybridized carbons (Fsp3) is 0.429. The third kappa shape index (κ3) is 6.71. The number of likely N-dealkylation sites (N-methyl/N-ethyl adjacent to an activating group) is 2. The zero-order valence-corrected chi connectivity index (χ0v) is 22.1. The first-order valence-electron chi connectivity index (χ1n) is 12.1. The van der Waals surface area contributed by atoms with Crippen LogP contribution in [-0.2, 0) is 4.79 Å². The van der Waals surface area contributed by atoms with Crippen LogP contribution < -0.4 is 0 Å². The molecule has 0 aromatic heterocycles. The van der Waals surface area contributed by atoms with Crippen molar-refractivity contribution in [3.63, 3.8) is 0 Å². The zero-order chi connectivity index (χ0) is 27.0. The number of rotatable bonds is 12. The van der Waals surface area contributed by atoms with Gasteiger partial charge in [-0.1, -0.05) is 44.2 Å². The summed E-state index contributed by atoms with van der Waals surface area (Å²) in [7, 11) is 0. The number of aliphatic hydroxyl groups is 1. The molecule has 2 amide bonds. The van der Waals surface area contributed by atoms with E-state index in [1.54, 1.807) is 30.0 Å². The number of halogens is 1. The summed E-state index contributed by atoms with van der Waals surface area (Å²) in [5, 5.41) is 20.0. The minimum atomic E-state index is -1.12. The van der Waals surface area contributed by atoms with Crippen molar-refractivity contribution in [1.82, 2.24) is 9.80 Å². The van der Waals surface area contributed by atoms with Gasteiger partial charge in [0, 0.05) is 43.5 Å². The van der Waals surface area contributed by atoms with Crippen molar-refractivity contribution in [1.29, 1.82) is 5.26 Å². The highest BCUT2D eigenvalue weighted by atomic mass is 35.5. The number of allylic oxidation sites excluding steroid dienone is 2. The van der Waals surface area contributed by atoms with Gasteiger partial charge in [-0.2, -0.15) is 5.26 Å². The van der Waals surface area contributed by atoms with E-state index in [2.05, 4.69) is 6.58 Å². The SMILES string of the molecule is C=CC1=C(/C=C/CC(=O)C[C@H](CC(=O)c2ccc(C#N)c(Cl)c2)C(C)C)C(O)N(CC)C(=O)N1CC. The molecule has 1 aromatic carbocycles. The van der Waals surface area contributed by atoms with Crippen LogP contribution in [0.4, 0.5) is 4.79 Å². The number of carbonyl (C=O) groups excluding carboxylic acids is 3. The monoisotopic (exact) mass is 511 g/mol. The Morgan fingerprint density at radius 2 is 1.94 bits per heavy atom. The first kappa shape index (κ1) is 29.0. The van der Waals surface area contributed by atoms with Crippen LogP contribution in [0.1, 0.15) is 62.9 Å². The Kier molecular flexibility index (Phi) is 10.6. The van der Waals surface area contributed by atoms with Gasteiger partial charge in [-0.25, -0.2) is 4.79 Å². The van der Waals surface area contributed by atoms with Crippen LogP contribution in [0.2, 0.25) is 5.02 Å². The second kappa shape index (κ2) is 13.2. The molecule has 1 N–H and O–H groups in total. The van der Waals surface area contributed by atoms with Crippen LogP contribution in [0.5, 0.6) is 0 Å². The fourth-order valence-electron chi connectivity index (χ4n) is 4.20. The summed E-state index contributed by atoms with van der Waals surface area (Å²) in [6, 6.07) is 6.28. The highest BCUT2D eigenvalue weighted by molar-refractivity contribution is 6.32. The highest BCUT2D eigenvalue weighted by Crippen LogP contribution is 2.28. The van der Waals surface area contributed by atoms with Crippen LogP contribution in [0.25, 0.3) is 0 Å². The van der Waals surface area contributed by atoms with E-state index in [0.717, 1.165) is 0 Å². The maximum Gasteiger partial charge on any atom is 0.326 e. The number of benzene rings is 1. The number of amides is 2. The van der Waals surface area contributed by atoms with Crippen LogP contribution in [0.15, 0.2) is 54.3 Å². The van der Waals surface area contributed by atoms with E-state index >= 15 is 0 Å². The van der Waals surface area contributed by atoms with E-state index in [1.165, 1.54) is 23.1 Å². The number of Topliss-reactive ketones (excluding diaryl/α,β-unsaturated/α-hetero) is 2. The fourth-order valence-corrected chi connectivity index (χ4v) is 4.43. The van der Waals surface area contributed by atoms with Crippen LogP contribution in [0, 0.1) is 23.2 Å². The molecular formula is C28H34ClN3O4. The molecule has 0 saturated heterocycles. The van der Waals surface area contributed by atoms with E-state index in [1.807, 2.05) is 26.8 Å². The predicted octanol–water partition coefficient (Wildman–Crippen LogP) is 5.50. The molecule has 0 spiro atoms. The Morgan fingerprint density at radius 1 is 1.25 bits per heavy atom. The van der Waals surface area contributed by atoms with Gasteiger partial charge in [-0.15, -0.1) is 0 Å². The van der Waals surface area contributed by atoms with Crippen LogP contribution >= 0.6 is 11.6 Å². The smallest absolute Gasteiger partial charge is 0.326 e. The largest absolute Gasteiger partial charge is 0.369 e. The molecule has 0 fully saturated rings. The summed E-state index contributed by atoms with van der Waals surface area (Å²) in [6.07, 6.45) is 4.33. The standard InChI is InChI=1S/C28H34ClN3O4/c1-6-25-23(27(35)32(8-3)28(36)31(25)7-2)11-9-10-22(33)14-21(18(4)5)16-26(34)19-12-13-20(17-30)24(29)15-19/h6,9,11-13,15,18,21,27,35H,1,7-8,10,14,16H2,2-5H3/b11-9+/t21-,27?/m1/s1. The zero-order valence-electron chi connectivity index (χ0n) is 21.3. The molecule has 0 bridgehead atoms. The number of ketones is 2. The van der Waals surface area contributed by atoms with Crippen LogP contribution in [-0.4, -0.2) is 51.8 Å². The van der Waals surface area contributed by atoms with Gasteiger partial charge >= 0.3 is 6.03 Å². The maximum atomic E-state index is 12.8. The van der Waals surface area contributed by atoms with Gasteiger partial charge in [0.2, 0.25) is 0 Å². The number of nitrogens with zero attached hydrogens (tertiary/aromatic N) is 3. The minimum absolute atomic E-state index is 0.0302. The number of hydrogen-bond acceptors (Lipinski definition) is 5. The first-order valence-corrected chi connectivity index (χ1v) is 12.5. The molecule has 0 radical (unpaired) electrons. The van der Waals surface area contributed by atoms with Gasteiger partial charge in [0.25, 0.3) is 0 Å². The lowest BCUT2D eigenvalue weighted by atomic mass is 9.84. The van der Waals surface area contributed by atoms with Gasteiger partial charge in [-0.05, 0) is 50.0 Å². The lowest BCUT2D eigenvalue weighted by Crippen LogP contribution is -2.52. The first-order chi connectivity index (χ1) is 17.1. The number of urea groups is 1. The molecule has 0 saturated carbocycles. The molecule has 7 nitrogen and oxygen atoms in total. The topological polar surface area (TPSA) is 102 Å². The molecule has 2 atom stereocenters. The third-order valence-corrected chi connectivity index (χ3v) is 6.73. The average molecular weight is 512 g/mol. The molecule has 2 rings (SSSR count). The molecular weight excluding hydrogens is 478 g/mol.